The number of aliphatic hydroxyl groups excluding tert-OH is 1. The fraction of sp³-hybridized carbons (Fsp3) is 0.188. The number of rotatable bonds is 5. The van der Waals surface area contributed by atoms with E-state index in [1.807, 2.05) is 0 Å². The molecule has 0 aliphatic carbocycles. The Morgan fingerprint density at radius 2 is 1.86 bits per heavy atom. The first kappa shape index (κ1) is 15.0. The molecule has 1 unspecified atom stereocenters. The molecule has 4 nitrogen and oxygen atoms in total. The third kappa shape index (κ3) is 4.57. The van der Waals surface area contributed by atoms with Crippen molar-refractivity contribution in [3.05, 3.63) is 59.9 Å². The number of carbonyl (C=O) groups is 1. The SMILES string of the molecule is CC(=O)Nc1ccc(NCC(O)c2cccc(F)c2)cc1. The first-order chi connectivity index (χ1) is 10.0. The van der Waals surface area contributed by atoms with Gasteiger partial charge in [0.05, 0.1) is 6.10 Å². The minimum atomic E-state index is -0.796. The molecule has 2 aromatic carbocycles. The van der Waals surface area contributed by atoms with Crippen molar-refractivity contribution in [2.45, 2.75) is 13.0 Å². The molecule has 0 heterocycles. The molecule has 0 aromatic heterocycles. The van der Waals surface area contributed by atoms with Crippen molar-refractivity contribution in [1.29, 1.82) is 0 Å². The van der Waals surface area contributed by atoms with E-state index < -0.39 is 6.10 Å². The van der Waals surface area contributed by atoms with Crippen LogP contribution in [0.5, 0.6) is 0 Å². The predicted molar refractivity (Wildman–Crippen MR) is 80.6 cm³/mol. The molecule has 0 saturated heterocycles. The number of hydrogen-bond acceptors (Lipinski definition) is 3. The topological polar surface area (TPSA) is 61.4 Å². The average molecular weight is 288 g/mol. The summed E-state index contributed by atoms with van der Waals surface area (Å²) in [5, 5.41) is 15.7. The Bertz CT molecular complexity index is 614. The second-order valence-corrected chi connectivity index (χ2v) is 4.71. The van der Waals surface area contributed by atoms with Gasteiger partial charge in [0, 0.05) is 24.8 Å². The summed E-state index contributed by atoms with van der Waals surface area (Å²) in [6.45, 7) is 1.71. The number of nitrogens with one attached hydrogen (secondary N) is 2. The Balaban J connectivity index is 1.92. The molecular weight excluding hydrogens is 271 g/mol. The molecule has 0 aliphatic heterocycles. The number of halogens is 1. The van der Waals surface area contributed by atoms with Gasteiger partial charge in [0.1, 0.15) is 5.82 Å². The molecule has 0 aliphatic rings. The lowest BCUT2D eigenvalue weighted by molar-refractivity contribution is -0.114. The first-order valence-electron chi connectivity index (χ1n) is 6.59. The summed E-state index contributed by atoms with van der Waals surface area (Å²) >= 11 is 0. The quantitative estimate of drug-likeness (QED) is 0.792. The largest absolute Gasteiger partial charge is 0.387 e. The number of hydrogen-bond donors (Lipinski definition) is 3. The van der Waals surface area contributed by atoms with Crippen molar-refractivity contribution in [1.82, 2.24) is 0 Å². The zero-order valence-corrected chi connectivity index (χ0v) is 11.6. The average Bonchev–Trinajstić information content (AvgIpc) is 2.45. The Hall–Kier alpha value is -2.40. The highest BCUT2D eigenvalue weighted by Gasteiger charge is 2.08. The van der Waals surface area contributed by atoms with E-state index in [0.29, 0.717) is 11.3 Å². The standard InChI is InChI=1S/C16H17FN2O2/c1-11(20)19-15-7-5-14(6-8-15)18-10-16(21)12-3-2-4-13(17)9-12/h2-9,16,18,21H,10H2,1H3,(H,19,20). The van der Waals surface area contributed by atoms with Crippen LogP contribution in [0.25, 0.3) is 0 Å². The van der Waals surface area contributed by atoms with E-state index in [1.165, 1.54) is 19.1 Å². The Morgan fingerprint density at radius 3 is 2.48 bits per heavy atom. The van der Waals surface area contributed by atoms with Crippen LogP contribution in [0.2, 0.25) is 0 Å². The van der Waals surface area contributed by atoms with E-state index in [0.717, 1.165) is 5.69 Å². The molecule has 21 heavy (non-hydrogen) atoms. The van der Waals surface area contributed by atoms with Gasteiger partial charge in [-0.05, 0) is 42.0 Å². The van der Waals surface area contributed by atoms with Crippen molar-refractivity contribution in [3.8, 4) is 0 Å². The van der Waals surface area contributed by atoms with Gasteiger partial charge < -0.3 is 15.7 Å². The number of benzene rings is 2. The summed E-state index contributed by atoms with van der Waals surface area (Å²) in [6, 6.07) is 13.0. The highest BCUT2D eigenvalue weighted by atomic mass is 19.1. The van der Waals surface area contributed by atoms with Crippen molar-refractivity contribution in [2.24, 2.45) is 0 Å². The molecule has 3 N–H and O–H groups in total. The molecular formula is C16H17FN2O2. The Labute approximate surface area is 122 Å². The van der Waals surface area contributed by atoms with Crippen LogP contribution in [-0.4, -0.2) is 17.6 Å². The van der Waals surface area contributed by atoms with Gasteiger partial charge in [-0.1, -0.05) is 12.1 Å². The highest BCUT2D eigenvalue weighted by molar-refractivity contribution is 5.88. The van der Waals surface area contributed by atoms with Crippen molar-refractivity contribution in [2.75, 3.05) is 17.2 Å². The van der Waals surface area contributed by atoms with Gasteiger partial charge in [-0.3, -0.25) is 4.79 Å². The molecule has 110 valence electrons. The van der Waals surface area contributed by atoms with Crippen LogP contribution < -0.4 is 10.6 Å². The lowest BCUT2D eigenvalue weighted by atomic mass is 10.1. The fourth-order valence-electron chi connectivity index (χ4n) is 1.92. The molecule has 0 fully saturated rings. The molecule has 0 saturated carbocycles. The van der Waals surface area contributed by atoms with E-state index in [2.05, 4.69) is 10.6 Å². The van der Waals surface area contributed by atoms with Gasteiger partial charge >= 0.3 is 0 Å². The van der Waals surface area contributed by atoms with E-state index >= 15 is 0 Å². The molecule has 5 heteroatoms. The van der Waals surface area contributed by atoms with E-state index in [9.17, 15) is 14.3 Å². The summed E-state index contributed by atoms with van der Waals surface area (Å²) < 4.78 is 13.1. The van der Waals surface area contributed by atoms with Gasteiger partial charge in [-0.2, -0.15) is 0 Å². The van der Waals surface area contributed by atoms with Crippen LogP contribution >= 0.6 is 0 Å². The van der Waals surface area contributed by atoms with Gasteiger partial charge in [0.2, 0.25) is 5.91 Å². The lowest BCUT2D eigenvalue weighted by Gasteiger charge is -2.13. The third-order valence-electron chi connectivity index (χ3n) is 2.94. The van der Waals surface area contributed by atoms with Crippen LogP contribution in [0.15, 0.2) is 48.5 Å². The second-order valence-electron chi connectivity index (χ2n) is 4.71. The zero-order chi connectivity index (χ0) is 15.2. The van der Waals surface area contributed by atoms with Crippen LogP contribution in [0.3, 0.4) is 0 Å². The summed E-state index contributed by atoms with van der Waals surface area (Å²) in [5.74, 6) is -0.497. The Kier molecular flexibility index (Phi) is 4.90. The monoisotopic (exact) mass is 288 g/mol. The molecule has 0 spiro atoms. The van der Waals surface area contributed by atoms with E-state index in [4.69, 9.17) is 0 Å². The van der Waals surface area contributed by atoms with Crippen molar-refractivity contribution >= 4 is 17.3 Å². The normalized spacial score (nSPS) is 11.8. The summed E-state index contributed by atoms with van der Waals surface area (Å²) in [4.78, 5) is 10.9. The first-order valence-corrected chi connectivity index (χ1v) is 6.59. The number of carbonyl (C=O) groups excluding carboxylic acids is 1. The maximum absolute atomic E-state index is 13.1. The van der Waals surface area contributed by atoms with Crippen molar-refractivity contribution < 1.29 is 14.3 Å². The van der Waals surface area contributed by atoms with Gasteiger partial charge in [-0.15, -0.1) is 0 Å². The van der Waals surface area contributed by atoms with Crippen LogP contribution in [0.4, 0.5) is 15.8 Å². The van der Waals surface area contributed by atoms with Crippen LogP contribution in [-0.2, 0) is 4.79 Å². The maximum Gasteiger partial charge on any atom is 0.221 e. The third-order valence-corrected chi connectivity index (χ3v) is 2.94. The fourth-order valence-corrected chi connectivity index (χ4v) is 1.92. The van der Waals surface area contributed by atoms with Crippen LogP contribution in [0, 0.1) is 5.82 Å². The minimum Gasteiger partial charge on any atom is -0.387 e. The summed E-state index contributed by atoms with van der Waals surface area (Å²) in [6.07, 6.45) is -0.796. The van der Waals surface area contributed by atoms with E-state index in [-0.39, 0.29) is 18.3 Å². The van der Waals surface area contributed by atoms with Crippen molar-refractivity contribution in [3.63, 3.8) is 0 Å². The van der Waals surface area contributed by atoms with Gasteiger partial charge in [0.15, 0.2) is 0 Å². The highest BCUT2D eigenvalue weighted by Crippen LogP contribution is 2.17. The summed E-state index contributed by atoms with van der Waals surface area (Å²) in [5.41, 5.74) is 2.04. The number of aliphatic hydroxyl groups is 1. The molecule has 1 amide bonds. The zero-order valence-electron chi connectivity index (χ0n) is 11.6. The lowest BCUT2D eigenvalue weighted by Crippen LogP contribution is -2.12. The van der Waals surface area contributed by atoms with Gasteiger partial charge in [0.25, 0.3) is 0 Å². The Morgan fingerprint density at radius 1 is 1.19 bits per heavy atom. The predicted octanol–water partition coefficient (Wildman–Crippen LogP) is 2.93. The molecule has 1 atom stereocenters. The maximum atomic E-state index is 13.1. The molecule has 2 rings (SSSR count). The number of amides is 1. The van der Waals surface area contributed by atoms with E-state index in [1.54, 1.807) is 36.4 Å². The minimum absolute atomic E-state index is 0.128. The smallest absolute Gasteiger partial charge is 0.221 e. The molecule has 0 bridgehead atoms. The second kappa shape index (κ2) is 6.85. The van der Waals surface area contributed by atoms with Crippen LogP contribution in [0.1, 0.15) is 18.6 Å². The number of anilines is 2. The molecule has 0 radical (unpaired) electrons. The summed E-state index contributed by atoms with van der Waals surface area (Å²) in [7, 11) is 0. The van der Waals surface area contributed by atoms with Gasteiger partial charge in [-0.25, -0.2) is 4.39 Å². The molecule has 2 aromatic rings.